The quantitative estimate of drug-likeness (QED) is 0.716. The summed E-state index contributed by atoms with van der Waals surface area (Å²) in [5.74, 6) is -0.628. The zero-order chi connectivity index (χ0) is 21.6. The molecule has 0 saturated carbocycles. The Bertz CT molecular complexity index is 871. The van der Waals surface area contributed by atoms with Crippen molar-refractivity contribution >= 4 is 11.8 Å². The molecule has 160 valence electrons. The fourth-order valence-electron chi connectivity index (χ4n) is 3.93. The van der Waals surface area contributed by atoms with Crippen LogP contribution in [0.4, 0.5) is 8.78 Å². The predicted molar refractivity (Wildman–Crippen MR) is 109 cm³/mol. The van der Waals surface area contributed by atoms with E-state index in [-0.39, 0.29) is 30.6 Å². The molecule has 1 atom stereocenters. The number of piperidine rings is 1. The summed E-state index contributed by atoms with van der Waals surface area (Å²) in [7, 11) is 0. The van der Waals surface area contributed by atoms with Crippen molar-refractivity contribution in [2.24, 2.45) is 11.1 Å². The number of amides is 2. The Labute approximate surface area is 174 Å². The van der Waals surface area contributed by atoms with E-state index in [0.29, 0.717) is 38.1 Å². The number of likely N-dealkylation sites (tertiary alicyclic amines) is 1. The van der Waals surface area contributed by atoms with Crippen LogP contribution in [0.2, 0.25) is 0 Å². The van der Waals surface area contributed by atoms with Crippen molar-refractivity contribution in [1.29, 1.82) is 0 Å². The van der Waals surface area contributed by atoms with Gasteiger partial charge in [0.15, 0.2) is 0 Å². The summed E-state index contributed by atoms with van der Waals surface area (Å²) in [6.07, 6.45) is 2.37. The minimum Gasteiger partial charge on any atom is -0.493 e. The van der Waals surface area contributed by atoms with Crippen molar-refractivity contribution in [3.05, 3.63) is 65.7 Å². The summed E-state index contributed by atoms with van der Waals surface area (Å²) >= 11 is 0. The maximum Gasteiger partial charge on any atom is 0.222 e. The number of rotatable bonds is 8. The number of carbonyl (C=O) groups excluding carboxylic acids is 2. The van der Waals surface area contributed by atoms with Gasteiger partial charge in [-0.3, -0.25) is 9.59 Å². The van der Waals surface area contributed by atoms with Crippen LogP contribution in [-0.4, -0.2) is 36.4 Å². The van der Waals surface area contributed by atoms with Crippen LogP contribution in [0.5, 0.6) is 5.75 Å². The zero-order valence-electron chi connectivity index (χ0n) is 16.8. The third-order valence-electron chi connectivity index (χ3n) is 5.46. The molecule has 1 fully saturated rings. The van der Waals surface area contributed by atoms with E-state index in [9.17, 15) is 18.4 Å². The number of benzene rings is 2. The Morgan fingerprint density at radius 2 is 1.67 bits per heavy atom. The van der Waals surface area contributed by atoms with Gasteiger partial charge in [0.1, 0.15) is 17.4 Å². The van der Waals surface area contributed by atoms with E-state index in [2.05, 4.69) is 0 Å². The molecule has 30 heavy (non-hydrogen) atoms. The fourth-order valence-corrected chi connectivity index (χ4v) is 3.93. The third kappa shape index (κ3) is 6.02. The van der Waals surface area contributed by atoms with Gasteiger partial charge in [-0.2, -0.15) is 0 Å². The van der Waals surface area contributed by atoms with Gasteiger partial charge in [0.2, 0.25) is 11.8 Å². The molecular formula is C23H26F2N2O3. The molecule has 0 spiro atoms. The average Bonchev–Trinajstić information content (AvgIpc) is 2.72. The number of hydrogen-bond acceptors (Lipinski definition) is 3. The van der Waals surface area contributed by atoms with Gasteiger partial charge in [0.05, 0.1) is 6.61 Å². The van der Waals surface area contributed by atoms with Crippen LogP contribution in [0.3, 0.4) is 0 Å². The van der Waals surface area contributed by atoms with Crippen molar-refractivity contribution in [1.82, 2.24) is 4.90 Å². The molecule has 5 nitrogen and oxygen atoms in total. The number of ether oxygens (including phenoxy) is 1. The SMILES string of the molecule is NC(=O)C[C@]1(COc2ccc(F)cc2)CCCN(C(=O)CCc2ccc(F)cc2)C1. The van der Waals surface area contributed by atoms with Crippen LogP contribution in [0.15, 0.2) is 48.5 Å². The molecular weight excluding hydrogens is 390 g/mol. The summed E-state index contributed by atoms with van der Waals surface area (Å²) < 4.78 is 32.0. The Hall–Kier alpha value is -2.96. The molecule has 2 aromatic rings. The maximum absolute atomic E-state index is 13.1. The second-order valence-electron chi connectivity index (χ2n) is 7.93. The van der Waals surface area contributed by atoms with Crippen LogP contribution in [0.1, 0.15) is 31.2 Å². The molecule has 2 aromatic carbocycles. The number of primary amides is 1. The molecule has 3 rings (SSSR count). The van der Waals surface area contributed by atoms with E-state index in [1.165, 1.54) is 36.4 Å². The number of carbonyl (C=O) groups is 2. The number of halogens is 2. The van der Waals surface area contributed by atoms with Gasteiger partial charge in [-0.25, -0.2) is 8.78 Å². The van der Waals surface area contributed by atoms with Crippen LogP contribution in [-0.2, 0) is 16.0 Å². The third-order valence-corrected chi connectivity index (χ3v) is 5.46. The minimum absolute atomic E-state index is 0.0188. The van der Waals surface area contributed by atoms with Crippen molar-refractivity contribution in [2.75, 3.05) is 19.7 Å². The summed E-state index contributed by atoms with van der Waals surface area (Å²) in [5.41, 5.74) is 5.80. The Morgan fingerprint density at radius 3 is 2.30 bits per heavy atom. The molecule has 0 radical (unpaired) electrons. The largest absolute Gasteiger partial charge is 0.493 e. The second kappa shape index (κ2) is 9.69. The Kier molecular flexibility index (Phi) is 7.03. The van der Waals surface area contributed by atoms with Crippen molar-refractivity contribution < 1.29 is 23.1 Å². The van der Waals surface area contributed by atoms with Crippen LogP contribution in [0.25, 0.3) is 0 Å². The lowest BCUT2D eigenvalue weighted by molar-refractivity contribution is -0.137. The highest BCUT2D eigenvalue weighted by molar-refractivity contribution is 5.77. The van der Waals surface area contributed by atoms with Gasteiger partial charge in [-0.15, -0.1) is 0 Å². The van der Waals surface area contributed by atoms with Crippen LogP contribution < -0.4 is 10.5 Å². The number of nitrogens with two attached hydrogens (primary N) is 1. The Morgan fingerprint density at radius 1 is 1.03 bits per heavy atom. The van der Waals surface area contributed by atoms with E-state index in [1.54, 1.807) is 17.0 Å². The number of aryl methyl sites for hydroxylation is 1. The molecule has 2 amide bonds. The van der Waals surface area contributed by atoms with Crippen molar-refractivity contribution in [3.63, 3.8) is 0 Å². The van der Waals surface area contributed by atoms with Gasteiger partial charge in [-0.1, -0.05) is 12.1 Å². The summed E-state index contributed by atoms with van der Waals surface area (Å²) in [6, 6.07) is 11.8. The van der Waals surface area contributed by atoms with E-state index < -0.39 is 11.3 Å². The van der Waals surface area contributed by atoms with Gasteiger partial charge in [0.25, 0.3) is 0 Å². The molecule has 1 aliphatic rings. The normalized spacial score (nSPS) is 18.8. The van der Waals surface area contributed by atoms with E-state index in [1.807, 2.05) is 0 Å². The molecule has 0 unspecified atom stereocenters. The molecule has 1 aliphatic heterocycles. The molecule has 0 aliphatic carbocycles. The Balaban J connectivity index is 1.63. The molecule has 2 N–H and O–H groups in total. The lowest BCUT2D eigenvalue weighted by Gasteiger charge is -2.42. The zero-order valence-corrected chi connectivity index (χ0v) is 16.8. The summed E-state index contributed by atoms with van der Waals surface area (Å²) in [5, 5.41) is 0. The topological polar surface area (TPSA) is 72.6 Å². The first kappa shape index (κ1) is 21.7. The van der Waals surface area contributed by atoms with Crippen LogP contribution >= 0.6 is 0 Å². The second-order valence-corrected chi connectivity index (χ2v) is 7.93. The predicted octanol–water partition coefficient (Wildman–Crippen LogP) is 3.46. The first-order valence-corrected chi connectivity index (χ1v) is 10.0. The first-order valence-electron chi connectivity index (χ1n) is 10.0. The molecule has 0 bridgehead atoms. The lowest BCUT2D eigenvalue weighted by atomic mass is 9.77. The first-order chi connectivity index (χ1) is 14.3. The van der Waals surface area contributed by atoms with Crippen LogP contribution in [0, 0.1) is 17.0 Å². The van der Waals surface area contributed by atoms with E-state index in [0.717, 1.165) is 12.0 Å². The van der Waals surface area contributed by atoms with Gasteiger partial charge < -0.3 is 15.4 Å². The van der Waals surface area contributed by atoms with E-state index >= 15 is 0 Å². The number of hydrogen-bond donors (Lipinski definition) is 1. The van der Waals surface area contributed by atoms with Crippen molar-refractivity contribution in [2.45, 2.75) is 32.1 Å². The monoisotopic (exact) mass is 416 g/mol. The van der Waals surface area contributed by atoms with Gasteiger partial charge in [-0.05, 0) is 61.2 Å². The lowest BCUT2D eigenvalue weighted by Crippen LogP contribution is -2.50. The highest BCUT2D eigenvalue weighted by atomic mass is 19.1. The average molecular weight is 416 g/mol. The van der Waals surface area contributed by atoms with E-state index in [4.69, 9.17) is 10.5 Å². The van der Waals surface area contributed by atoms with Gasteiger partial charge >= 0.3 is 0 Å². The highest BCUT2D eigenvalue weighted by Crippen LogP contribution is 2.34. The molecule has 7 heteroatoms. The van der Waals surface area contributed by atoms with Crippen molar-refractivity contribution in [3.8, 4) is 5.75 Å². The number of nitrogens with zero attached hydrogens (tertiary/aromatic N) is 1. The minimum atomic E-state index is -0.579. The van der Waals surface area contributed by atoms with Gasteiger partial charge in [0, 0.05) is 31.3 Å². The highest BCUT2D eigenvalue weighted by Gasteiger charge is 2.39. The standard InChI is InChI=1S/C23H26F2N2O3/c24-18-5-2-17(3-6-18)4-11-22(29)27-13-1-12-23(15-27,14-21(26)28)16-30-20-9-7-19(25)8-10-20/h2-3,5-10H,1,4,11-16H2,(H2,26,28)/t23-/m1/s1. The molecule has 1 saturated heterocycles. The molecule has 1 heterocycles. The summed E-state index contributed by atoms with van der Waals surface area (Å²) in [6.45, 7) is 1.20. The maximum atomic E-state index is 13.1. The fraction of sp³-hybridized carbons (Fsp3) is 0.391. The molecule has 0 aromatic heterocycles. The summed E-state index contributed by atoms with van der Waals surface area (Å²) in [4.78, 5) is 26.3. The smallest absolute Gasteiger partial charge is 0.222 e.